The van der Waals surface area contributed by atoms with E-state index in [0.29, 0.717) is 24.1 Å². The second-order valence-electron chi connectivity index (χ2n) is 5.25. The molecule has 106 valence electrons. The highest BCUT2D eigenvalue weighted by atomic mass is 15.3. The fourth-order valence-corrected chi connectivity index (χ4v) is 2.86. The first-order valence-corrected chi connectivity index (χ1v) is 7.05. The lowest BCUT2D eigenvalue weighted by atomic mass is 9.98. The van der Waals surface area contributed by atoms with E-state index in [2.05, 4.69) is 33.1 Å². The van der Waals surface area contributed by atoms with Crippen LogP contribution < -0.4 is 10.6 Å². The van der Waals surface area contributed by atoms with Gasteiger partial charge in [-0.2, -0.15) is 5.26 Å². The summed E-state index contributed by atoms with van der Waals surface area (Å²) in [7, 11) is 0. The number of nitriles is 1. The molecule has 0 fully saturated rings. The Balaban J connectivity index is 2.04. The number of aromatic nitrogens is 2. The van der Waals surface area contributed by atoms with Gasteiger partial charge in [0.15, 0.2) is 0 Å². The molecule has 0 amide bonds. The van der Waals surface area contributed by atoms with Crippen LogP contribution in [0.3, 0.4) is 0 Å². The summed E-state index contributed by atoms with van der Waals surface area (Å²) in [6.07, 6.45) is 0.935. The SMILES string of the molecule is Cc1cc(C#N)nc(N2CC(CCN)c3ccccc32)n1. The van der Waals surface area contributed by atoms with Gasteiger partial charge in [0.25, 0.3) is 0 Å². The minimum absolute atomic E-state index is 0.390. The zero-order valence-electron chi connectivity index (χ0n) is 12.0. The van der Waals surface area contributed by atoms with Gasteiger partial charge in [0.1, 0.15) is 11.8 Å². The topological polar surface area (TPSA) is 78.8 Å². The Hall–Kier alpha value is -2.45. The van der Waals surface area contributed by atoms with Crippen molar-refractivity contribution in [2.24, 2.45) is 5.73 Å². The minimum Gasteiger partial charge on any atom is -0.330 e. The first-order chi connectivity index (χ1) is 10.2. The Bertz CT molecular complexity index is 704. The van der Waals surface area contributed by atoms with E-state index >= 15 is 0 Å². The van der Waals surface area contributed by atoms with E-state index in [1.807, 2.05) is 19.1 Å². The van der Waals surface area contributed by atoms with Gasteiger partial charge in [0, 0.05) is 23.8 Å². The van der Waals surface area contributed by atoms with Crippen LogP contribution in [0.5, 0.6) is 0 Å². The van der Waals surface area contributed by atoms with Crippen LogP contribution in [0.2, 0.25) is 0 Å². The Morgan fingerprint density at radius 2 is 2.19 bits per heavy atom. The zero-order chi connectivity index (χ0) is 14.8. The highest BCUT2D eigenvalue weighted by Crippen LogP contribution is 2.40. The molecule has 5 heteroatoms. The van der Waals surface area contributed by atoms with E-state index in [0.717, 1.165) is 24.3 Å². The lowest BCUT2D eigenvalue weighted by molar-refractivity contribution is 0.664. The number of rotatable bonds is 3. The summed E-state index contributed by atoms with van der Waals surface area (Å²) in [5, 5.41) is 9.09. The van der Waals surface area contributed by atoms with Crippen LogP contribution in [0, 0.1) is 18.3 Å². The highest BCUT2D eigenvalue weighted by molar-refractivity contribution is 5.67. The van der Waals surface area contributed by atoms with Crippen LogP contribution >= 0.6 is 0 Å². The number of nitrogens with zero attached hydrogens (tertiary/aromatic N) is 4. The van der Waals surface area contributed by atoms with Gasteiger partial charge in [-0.3, -0.25) is 0 Å². The van der Waals surface area contributed by atoms with Crippen molar-refractivity contribution in [3.05, 3.63) is 47.3 Å². The molecule has 1 aliphatic rings. The molecule has 0 radical (unpaired) electrons. The smallest absolute Gasteiger partial charge is 0.231 e. The number of fused-ring (bicyclic) bond motifs is 1. The van der Waals surface area contributed by atoms with Crippen molar-refractivity contribution in [3.8, 4) is 6.07 Å². The summed E-state index contributed by atoms with van der Waals surface area (Å²) in [5.41, 5.74) is 9.33. The summed E-state index contributed by atoms with van der Waals surface area (Å²) in [4.78, 5) is 10.9. The maximum Gasteiger partial charge on any atom is 0.231 e. The number of benzene rings is 1. The average molecular weight is 279 g/mol. The van der Waals surface area contributed by atoms with Gasteiger partial charge in [-0.05, 0) is 37.6 Å². The second kappa shape index (κ2) is 5.51. The fourth-order valence-electron chi connectivity index (χ4n) is 2.86. The van der Waals surface area contributed by atoms with Gasteiger partial charge < -0.3 is 10.6 Å². The molecule has 0 spiro atoms. The molecular weight excluding hydrogens is 262 g/mol. The van der Waals surface area contributed by atoms with E-state index in [9.17, 15) is 0 Å². The third-order valence-electron chi connectivity index (χ3n) is 3.78. The Kier molecular flexibility index (Phi) is 3.55. The van der Waals surface area contributed by atoms with Crippen molar-refractivity contribution in [1.82, 2.24) is 9.97 Å². The molecule has 1 aromatic carbocycles. The highest BCUT2D eigenvalue weighted by Gasteiger charge is 2.30. The lowest BCUT2D eigenvalue weighted by Crippen LogP contribution is -2.20. The number of hydrogen-bond acceptors (Lipinski definition) is 5. The first-order valence-electron chi connectivity index (χ1n) is 7.05. The van der Waals surface area contributed by atoms with Gasteiger partial charge in [-0.15, -0.1) is 0 Å². The van der Waals surface area contributed by atoms with Crippen molar-refractivity contribution in [1.29, 1.82) is 5.26 Å². The molecule has 1 aromatic heterocycles. The molecule has 2 N–H and O–H groups in total. The Morgan fingerprint density at radius 3 is 2.95 bits per heavy atom. The summed E-state index contributed by atoms with van der Waals surface area (Å²) < 4.78 is 0. The molecule has 2 heterocycles. The maximum absolute atomic E-state index is 9.09. The summed E-state index contributed by atoms with van der Waals surface area (Å²) >= 11 is 0. The normalized spacial score (nSPS) is 16.6. The lowest BCUT2D eigenvalue weighted by Gasteiger charge is -2.18. The number of para-hydroxylation sites is 1. The summed E-state index contributed by atoms with van der Waals surface area (Å²) in [6, 6.07) is 12.1. The van der Waals surface area contributed by atoms with Crippen LogP contribution in [0.15, 0.2) is 30.3 Å². The quantitative estimate of drug-likeness (QED) is 0.932. The number of aryl methyl sites for hydroxylation is 1. The van der Waals surface area contributed by atoms with Crippen molar-refractivity contribution in [3.63, 3.8) is 0 Å². The Morgan fingerprint density at radius 1 is 1.38 bits per heavy atom. The molecule has 1 unspecified atom stereocenters. The molecule has 21 heavy (non-hydrogen) atoms. The van der Waals surface area contributed by atoms with Gasteiger partial charge in [0.2, 0.25) is 5.95 Å². The monoisotopic (exact) mass is 279 g/mol. The molecule has 0 bridgehead atoms. The van der Waals surface area contributed by atoms with Crippen LogP contribution in [0.25, 0.3) is 0 Å². The van der Waals surface area contributed by atoms with E-state index in [-0.39, 0.29) is 0 Å². The fraction of sp³-hybridized carbons (Fsp3) is 0.312. The van der Waals surface area contributed by atoms with Crippen LogP contribution in [-0.2, 0) is 0 Å². The standard InChI is InChI=1S/C16H17N5/c1-11-8-13(9-18)20-16(19-11)21-10-12(6-7-17)14-4-2-3-5-15(14)21/h2-5,8,12H,6-7,10,17H2,1H3. The zero-order valence-corrected chi connectivity index (χ0v) is 12.0. The number of anilines is 2. The van der Waals surface area contributed by atoms with Crippen molar-refractivity contribution < 1.29 is 0 Å². The predicted octanol–water partition coefficient (Wildman–Crippen LogP) is 2.24. The first kappa shape index (κ1) is 13.5. The van der Waals surface area contributed by atoms with Gasteiger partial charge >= 0.3 is 0 Å². The molecule has 1 aliphatic heterocycles. The van der Waals surface area contributed by atoms with Crippen LogP contribution in [0.4, 0.5) is 11.6 Å². The van der Waals surface area contributed by atoms with E-state index in [1.165, 1.54) is 5.56 Å². The Labute approximate surface area is 124 Å². The third kappa shape index (κ3) is 2.46. The van der Waals surface area contributed by atoms with Crippen molar-refractivity contribution in [2.75, 3.05) is 18.0 Å². The van der Waals surface area contributed by atoms with Crippen molar-refractivity contribution >= 4 is 11.6 Å². The van der Waals surface area contributed by atoms with Gasteiger partial charge in [-0.1, -0.05) is 18.2 Å². The molecular formula is C16H17N5. The molecule has 0 saturated heterocycles. The second-order valence-corrected chi connectivity index (χ2v) is 5.25. The van der Waals surface area contributed by atoms with E-state index in [1.54, 1.807) is 6.07 Å². The minimum atomic E-state index is 0.390. The number of hydrogen-bond donors (Lipinski definition) is 1. The van der Waals surface area contributed by atoms with Crippen LogP contribution in [0.1, 0.15) is 29.3 Å². The molecule has 2 aromatic rings. The molecule has 5 nitrogen and oxygen atoms in total. The molecule has 0 aliphatic carbocycles. The van der Waals surface area contributed by atoms with Crippen molar-refractivity contribution in [2.45, 2.75) is 19.3 Å². The third-order valence-corrected chi connectivity index (χ3v) is 3.78. The average Bonchev–Trinajstić information content (AvgIpc) is 2.86. The van der Waals surface area contributed by atoms with E-state index < -0.39 is 0 Å². The van der Waals surface area contributed by atoms with Gasteiger partial charge in [0.05, 0.1) is 0 Å². The largest absolute Gasteiger partial charge is 0.330 e. The summed E-state index contributed by atoms with van der Waals surface area (Å²) in [6.45, 7) is 3.35. The molecule has 1 atom stereocenters. The number of nitrogens with two attached hydrogens (primary N) is 1. The molecule has 3 rings (SSSR count). The molecule has 0 saturated carbocycles. The van der Waals surface area contributed by atoms with Crippen LogP contribution in [-0.4, -0.2) is 23.1 Å². The maximum atomic E-state index is 9.09. The van der Waals surface area contributed by atoms with Gasteiger partial charge in [-0.25, -0.2) is 9.97 Å². The predicted molar refractivity (Wildman–Crippen MR) is 81.3 cm³/mol. The van der Waals surface area contributed by atoms with E-state index in [4.69, 9.17) is 11.0 Å². The summed E-state index contributed by atoms with van der Waals surface area (Å²) in [5.74, 6) is 0.986.